The van der Waals surface area contributed by atoms with Crippen molar-refractivity contribution >= 4 is 17.5 Å². The predicted octanol–water partition coefficient (Wildman–Crippen LogP) is 3.00. The third kappa shape index (κ3) is 4.15. The van der Waals surface area contributed by atoms with Crippen molar-refractivity contribution < 1.29 is 15.0 Å². The average molecular weight is 419 g/mol. The summed E-state index contributed by atoms with van der Waals surface area (Å²) in [6, 6.07) is 13.8. The number of carbonyl (C=O) groups excluding carboxylic acids is 1. The van der Waals surface area contributed by atoms with Crippen molar-refractivity contribution in [3.05, 3.63) is 77.8 Å². The smallest absolute Gasteiger partial charge is 0.235 e. The fraction of sp³-hybridized carbons (Fsp3) is 0.261. The maximum atomic E-state index is 13.4. The van der Waals surface area contributed by atoms with Gasteiger partial charge in [-0.15, -0.1) is 0 Å². The molecule has 2 heterocycles. The first-order valence-electron chi connectivity index (χ1n) is 10.2. The van der Waals surface area contributed by atoms with Crippen LogP contribution in [0, 0.1) is 12.8 Å². The number of amides is 1. The van der Waals surface area contributed by atoms with Gasteiger partial charge in [0, 0.05) is 24.4 Å². The van der Waals surface area contributed by atoms with Crippen molar-refractivity contribution in [2.45, 2.75) is 25.8 Å². The number of nitrogens with one attached hydrogen (secondary N) is 2. The van der Waals surface area contributed by atoms with Gasteiger partial charge in [0.1, 0.15) is 11.7 Å². The van der Waals surface area contributed by atoms with E-state index in [1.54, 1.807) is 28.9 Å². The maximum Gasteiger partial charge on any atom is 0.235 e. The van der Waals surface area contributed by atoms with Crippen LogP contribution >= 0.6 is 0 Å². The lowest BCUT2D eigenvalue weighted by atomic mass is 9.88. The molecule has 1 amide bonds. The highest BCUT2D eigenvalue weighted by Gasteiger charge is 2.40. The van der Waals surface area contributed by atoms with Crippen LogP contribution in [-0.4, -0.2) is 37.5 Å². The molecule has 2 aromatic carbocycles. The van der Waals surface area contributed by atoms with Crippen molar-refractivity contribution in [1.29, 1.82) is 0 Å². The molecule has 31 heavy (non-hydrogen) atoms. The molecule has 0 radical (unpaired) electrons. The molecule has 8 heteroatoms. The quantitative estimate of drug-likeness (QED) is 0.489. The number of para-hydroxylation sites is 1. The number of anilines is 2. The second-order valence-electron chi connectivity index (χ2n) is 7.59. The van der Waals surface area contributed by atoms with Crippen LogP contribution in [0.2, 0.25) is 0 Å². The van der Waals surface area contributed by atoms with Gasteiger partial charge in [0.15, 0.2) is 5.82 Å². The van der Waals surface area contributed by atoms with Gasteiger partial charge in [-0.2, -0.15) is 10.1 Å². The normalized spacial score (nSPS) is 17.7. The zero-order valence-corrected chi connectivity index (χ0v) is 17.2. The summed E-state index contributed by atoms with van der Waals surface area (Å²) in [4.78, 5) is 17.9. The number of aliphatic hydroxyl groups is 1. The number of phenolic OH excluding ortho intramolecular Hbond substituents is 1. The Morgan fingerprint density at radius 1 is 1.23 bits per heavy atom. The standard InChI is InChI=1S/C23H25N5O3/c1-14-6-3-4-7-18(14)25-22(31)20-15(2)24-23-26-19(8-5-13-29)27-28(23)21(20)16-9-11-17(30)12-10-16/h3-4,6-7,9-12,20-21,29-30H,2,5,8,13H2,1H3,(H,25,31)(H,24,26,27)/t20-,21+/m1/s1. The largest absolute Gasteiger partial charge is 0.508 e. The van der Waals surface area contributed by atoms with E-state index in [1.807, 2.05) is 31.2 Å². The molecule has 1 aliphatic rings. The molecule has 3 aromatic rings. The van der Waals surface area contributed by atoms with Gasteiger partial charge >= 0.3 is 0 Å². The Morgan fingerprint density at radius 3 is 2.68 bits per heavy atom. The summed E-state index contributed by atoms with van der Waals surface area (Å²) in [5.74, 6) is 0.330. The molecule has 0 bridgehead atoms. The lowest BCUT2D eigenvalue weighted by Gasteiger charge is -2.33. The van der Waals surface area contributed by atoms with E-state index in [4.69, 9.17) is 5.11 Å². The summed E-state index contributed by atoms with van der Waals surface area (Å²) in [5.41, 5.74) is 3.00. The van der Waals surface area contributed by atoms with Gasteiger partial charge in [-0.05, 0) is 42.7 Å². The van der Waals surface area contributed by atoms with Crippen molar-refractivity contribution in [3.63, 3.8) is 0 Å². The van der Waals surface area contributed by atoms with Crippen LogP contribution in [0.25, 0.3) is 0 Å². The summed E-state index contributed by atoms with van der Waals surface area (Å²) in [6.45, 7) is 6.08. The zero-order valence-electron chi connectivity index (χ0n) is 17.2. The SMILES string of the molecule is C=C1Nc2nc(CCCO)nn2[C@@H](c2ccc(O)cc2)[C@@H]1C(=O)Nc1ccccc1C. The van der Waals surface area contributed by atoms with Crippen molar-refractivity contribution in [3.8, 4) is 5.75 Å². The molecule has 0 saturated heterocycles. The Labute approximate surface area is 180 Å². The number of aliphatic hydroxyl groups excluding tert-OH is 1. The summed E-state index contributed by atoms with van der Waals surface area (Å²) in [7, 11) is 0. The van der Waals surface area contributed by atoms with E-state index >= 15 is 0 Å². The Bertz CT molecular complexity index is 1110. The molecule has 0 spiro atoms. The van der Waals surface area contributed by atoms with Gasteiger partial charge in [0.25, 0.3) is 0 Å². The predicted molar refractivity (Wildman–Crippen MR) is 118 cm³/mol. The van der Waals surface area contributed by atoms with Crippen LogP contribution in [0.1, 0.15) is 29.4 Å². The molecule has 1 aromatic heterocycles. The highest BCUT2D eigenvalue weighted by molar-refractivity contribution is 5.96. The van der Waals surface area contributed by atoms with Gasteiger partial charge in [-0.3, -0.25) is 4.79 Å². The third-order valence-corrected chi connectivity index (χ3v) is 5.38. The van der Waals surface area contributed by atoms with Crippen molar-refractivity contribution in [1.82, 2.24) is 14.8 Å². The Balaban J connectivity index is 1.74. The lowest BCUT2D eigenvalue weighted by molar-refractivity contribution is -0.119. The first-order valence-corrected chi connectivity index (χ1v) is 10.2. The number of fused-ring (bicyclic) bond motifs is 1. The van der Waals surface area contributed by atoms with Gasteiger partial charge in [0.05, 0.1) is 6.04 Å². The van der Waals surface area contributed by atoms with Crippen molar-refractivity contribution in [2.24, 2.45) is 5.92 Å². The molecule has 0 saturated carbocycles. The number of rotatable bonds is 6. The summed E-state index contributed by atoms with van der Waals surface area (Å²) in [5, 5.41) is 29.6. The highest BCUT2D eigenvalue weighted by atomic mass is 16.3. The molecular formula is C23H25N5O3. The number of hydrogen-bond acceptors (Lipinski definition) is 6. The minimum atomic E-state index is -0.663. The van der Waals surface area contributed by atoms with E-state index in [0.717, 1.165) is 16.8 Å². The molecule has 0 unspecified atom stereocenters. The van der Waals surface area contributed by atoms with E-state index < -0.39 is 12.0 Å². The Hall–Kier alpha value is -3.65. The first kappa shape index (κ1) is 20.6. The number of aromatic hydroxyl groups is 1. The van der Waals surface area contributed by atoms with E-state index in [0.29, 0.717) is 30.3 Å². The summed E-state index contributed by atoms with van der Waals surface area (Å²) in [6.07, 6.45) is 1.07. The fourth-order valence-corrected chi connectivity index (χ4v) is 3.77. The minimum absolute atomic E-state index is 0.0485. The lowest BCUT2D eigenvalue weighted by Crippen LogP contribution is -2.39. The summed E-state index contributed by atoms with van der Waals surface area (Å²) >= 11 is 0. The van der Waals surface area contributed by atoms with Crippen LogP contribution in [0.3, 0.4) is 0 Å². The van der Waals surface area contributed by atoms with E-state index in [-0.39, 0.29) is 18.3 Å². The molecule has 1 aliphatic heterocycles. The van der Waals surface area contributed by atoms with Crippen LogP contribution < -0.4 is 10.6 Å². The van der Waals surface area contributed by atoms with Gasteiger partial charge in [-0.1, -0.05) is 36.9 Å². The Kier molecular flexibility index (Phi) is 5.73. The summed E-state index contributed by atoms with van der Waals surface area (Å²) < 4.78 is 1.69. The molecule has 160 valence electrons. The van der Waals surface area contributed by atoms with E-state index in [9.17, 15) is 9.90 Å². The molecule has 2 atom stereocenters. The van der Waals surface area contributed by atoms with Crippen molar-refractivity contribution in [2.75, 3.05) is 17.2 Å². The van der Waals surface area contributed by atoms with Gasteiger partial charge in [-0.25, -0.2) is 4.68 Å². The van der Waals surface area contributed by atoms with Crippen LogP contribution in [0.5, 0.6) is 5.75 Å². The number of aryl methyl sites for hydroxylation is 2. The number of phenols is 1. The van der Waals surface area contributed by atoms with Gasteiger partial charge < -0.3 is 20.8 Å². The molecule has 0 fully saturated rings. The second-order valence-corrected chi connectivity index (χ2v) is 7.59. The zero-order chi connectivity index (χ0) is 22.0. The molecule has 8 nitrogen and oxygen atoms in total. The Morgan fingerprint density at radius 2 is 1.97 bits per heavy atom. The third-order valence-electron chi connectivity index (χ3n) is 5.38. The van der Waals surface area contributed by atoms with E-state index in [1.165, 1.54) is 0 Å². The van der Waals surface area contributed by atoms with Crippen LogP contribution in [0.4, 0.5) is 11.6 Å². The maximum absolute atomic E-state index is 13.4. The van der Waals surface area contributed by atoms with Gasteiger partial charge in [0.2, 0.25) is 11.9 Å². The minimum Gasteiger partial charge on any atom is -0.508 e. The number of aromatic nitrogens is 3. The molecular weight excluding hydrogens is 394 g/mol. The molecule has 4 rings (SSSR count). The first-order chi connectivity index (χ1) is 15.0. The van der Waals surface area contributed by atoms with Crippen LogP contribution in [-0.2, 0) is 11.2 Å². The second kappa shape index (κ2) is 8.61. The van der Waals surface area contributed by atoms with E-state index in [2.05, 4.69) is 27.3 Å². The number of carbonyl (C=O) groups is 1. The molecule has 0 aliphatic carbocycles. The number of nitrogens with zero attached hydrogens (tertiary/aromatic N) is 3. The molecule has 4 N–H and O–H groups in total. The van der Waals surface area contributed by atoms with Crippen LogP contribution in [0.15, 0.2) is 60.8 Å². The highest BCUT2D eigenvalue weighted by Crippen LogP contribution is 2.38. The number of benzene rings is 2. The number of hydrogen-bond donors (Lipinski definition) is 4. The fourth-order valence-electron chi connectivity index (χ4n) is 3.77. The topological polar surface area (TPSA) is 112 Å². The monoisotopic (exact) mass is 419 g/mol. The average Bonchev–Trinajstić information content (AvgIpc) is 3.15.